The molecule has 0 saturated carbocycles. The summed E-state index contributed by atoms with van der Waals surface area (Å²) in [6.07, 6.45) is -0.681. The molecule has 0 aromatic carbocycles. The first-order valence-electron chi connectivity index (χ1n) is 9.76. The highest BCUT2D eigenvalue weighted by Crippen LogP contribution is 2.31. The second kappa shape index (κ2) is 9.18. The average Bonchev–Trinajstić information content (AvgIpc) is 3.06. The number of nitrogens with one attached hydrogen (secondary N) is 1. The first-order chi connectivity index (χ1) is 14.7. The van der Waals surface area contributed by atoms with Crippen LogP contribution < -0.4 is 5.32 Å². The van der Waals surface area contributed by atoms with Crippen LogP contribution >= 0.6 is 0 Å². The fourth-order valence-corrected chi connectivity index (χ4v) is 3.02. The van der Waals surface area contributed by atoms with Gasteiger partial charge in [0.1, 0.15) is 11.3 Å². The lowest BCUT2D eigenvalue weighted by Gasteiger charge is -2.13. The molecule has 0 spiro atoms. The van der Waals surface area contributed by atoms with Gasteiger partial charge >= 0.3 is 6.18 Å². The van der Waals surface area contributed by atoms with E-state index in [4.69, 9.17) is 0 Å². The number of alkyl halides is 3. The number of anilines is 1. The van der Waals surface area contributed by atoms with E-state index in [0.29, 0.717) is 34.8 Å². The normalized spacial score (nSPS) is 11.5. The van der Waals surface area contributed by atoms with Gasteiger partial charge in [-0.3, -0.25) is 19.1 Å². The molecule has 3 rings (SSSR count). The van der Waals surface area contributed by atoms with Gasteiger partial charge in [0.05, 0.1) is 12.1 Å². The number of carbonyl (C=O) groups excluding carboxylic acids is 1. The lowest BCUT2D eigenvalue weighted by molar-refractivity contribution is -0.137. The summed E-state index contributed by atoms with van der Waals surface area (Å²) in [5, 5.41) is 2.67. The van der Waals surface area contributed by atoms with Gasteiger partial charge in [0.25, 0.3) is 0 Å². The Kier molecular flexibility index (Phi) is 6.61. The molecule has 6 nitrogen and oxygen atoms in total. The van der Waals surface area contributed by atoms with Crippen molar-refractivity contribution in [2.75, 3.05) is 25.0 Å². The Morgan fingerprint density at radius 2 is 1.94 bits per heavy atom. The van der Waals surface area contributed by atoms with Crippen LogP contribution in [0, 0.1) is 11.8 Å². The number of fused-ring (bicyclic) bond motifs is 1. The van der Waals surface area contributed by atoms with Crippen LogP contribution in [0.15, 0.2) is 36.8 Å². The maximum atomic E-state index is 13.1. The fraction of sp³-hybridized carbons (Fsp3) is 0.318. The third-order valence-corrected chi connectivity index (χ3v) is 4.72. The molecule has 1 amide bonds. The Labute approximate surface area is 178 Å². The van der Waals surface area contributed by atoms with E-state index >= 15 is 0 Å². The van der Waals surface area contributed by atoms with Gasteiger partial charge < -0.3 is 5.32 Å². The third kappa shape index (κ3) is 5.22. The lowest BCUT2D eigenvalue weighted by atomic mass is 10.1. The van der Waals surface area contributed by atoms with Crippen LogP contribution in [0.4, 0.5) is 19.0 Å². The molecular weight excluding hydrogens is 407 g/mol. The molecule has 0 atom stereocenters. The molecular formula is C22H22F3N5O. The molecule has 0 aliphatic heterocycles. The van der Waals surface area contributed by atoms with E-state index in [9.17, 15) is 18.0 Å². The minimum atomic E-state index is -4.48. The summed E-state index contributed by atoms with van der Waals surface area (Å²) in [6.45, 7) is 7.69. The number of hydrogen-bond donors (Lipinski definition) is 1. The van der Waals surface area contributed by atoms with Crippen LogP contribution in [-0.2, 0) is 11.0 Å². The SMILES string of the molecule is CCN(CC)CC#Cc1c(NC(C)=O)nc2ccc(-c3cncc(C(F)(F)F)c3)cn12. The van der Waals surface area contributed by atoms with Crippen molar-refractivity contribution in [3.05, 3.63) is 48.0 Å². The largest absolute Gasteiger partial charge is 0.417 e. The van der Waals surface area contributed by atoms with Crippen molar-refractivity contribution in [3.63, 3.8) is 0 Å². The molecule has 0 unspecified atom stereocenters. The molecule has 0 radical (unpaired) electrons. The zero-order valence-electron chi connectivity index (χ0n) is 17.4. The monoisotopic (exact) mass is 429 g/mol. The molecule has 9 heteroatoms. The van der Waals surface area contributed by atoms with Crippen molar-refractivity contribution >= 4 is 17.4 Å². The van der Waals surface area contributed by atoms with Crippen molar-refractivity contribution < 1.29 is 18.0 Å². The number of amides is 1. The van der Waals surface area contributed by atoms with Crippen LogP contribution in [-0.4, -0.2) is 44.8 Å². The highest BCUT2D eigenvalue weighted by atomic mass is 19.4. The fourth-order valence-electron chi connectivity index (χ4n) is 3.02. The molecule has 162 valence electrons. The Morgan fingerprint density at radius 1 is 1.19 bits per heavy atom. The average molecular weight is 429 g/mol. The zero-order chi connectivity index (χ0) is 22.6. The van der Waals surface area contributed by atoms with Gasteiger partial charge in [0.15, 0.2) is 5.82 Å². The predicted molar refractivity (Wildman–Crippen MR) is 112 cm³/mol. The number of rotatable bonds is 5. The molecule has 0 bridgehead atoms. The van der Waals surface area contributed by atoms with Gasteiger partial charge in [-0.2, -0.15) is 13.2 Å². The van der Waals surface area contributed by atoms with Crippen molar-refractivity contribution in [2.24, 2.45) is 0 Å². The third-order valence-electron chi connectivity index (χ3n) is 4.72. The van der Waals surface area contributed by atoms with Gasteiger partial charge in [-0.05, 0) is 37.2 Å². The molecule has 3 heterocycles. The zero-order valence-corrected chi connectivity index (χ0v) is 17.4. The Morgan fingerprint density at radius 3 is 2.58 bits per heavy atom. The van der Waals surface area contributed by atoms with E-state index in [-0.39, 0.29) is 5.91 Å². The Hall–Kier alpha value is -3.38. The smallest absolute Gasteiger partial charge is 0.309 e. The summed E-state index contributed by atoms with van der Waals surface area (Å²) in [5.74, 6) is 6.15. The second-order valence-electron chi connectivity index (χ2n) is 6.86. The molecule has 3 aromatic rings. The summed E-state index contributed by atoms with van der Waals surface area (Å²) < 4.78 is 40.9. The van der Waals surface area contributed by atoms with E-state index in [1.165, 1.54) is 13.1 Å². The van der Waals surface area contributed by atoms with Gasteiger partial charge in [-0.1, -0.05) is 19.8 Å². The van der Waals surface area contributed by atoms with Crippen LogP contribution in [0.5, 0.6) is 0 Å². The van der Waals surface area contributed by atoms with E-state index in [1.54, 1.807) is 22.7 Å². The van der Waals surface area contributed by atoms with Gasteiger partial charge in [-0.25, -0.2) is 4.98 Å². The summed E-state index contributed by atoms with van der Waals surface area (Å²) in [5.41, 5.74) is 0.978. The van der Waals surface area contributed by atoms with Crippen LogP contribution in [0.25, 0.3) is 16.8 Å². The second-order valence-corrected chi connectivity index (χ2v) is 6.86. The predicted octanol–water partition coefficient (Wildman–Crippen LogP) is 4.07. The van der Waals surface area contributed by atoms with Crippen molar-refractivity contribution in [3.8, 4) is 23.0 Å². The summed E-state index contributed by atoms with van der Waals surface area (Å²) in [4.78, 5) is 21.9. The van der Waals surface area contributed by atoms with E-state index < -0.39 is 11.7 Å². The highest BCUT2D eigenvalue weighted by molar-refractivity contribution is 5.89. The molecule has 3 aromatic heterocycles. The van der Waals surface area contributed by atoms with Gasteiger partial charge in [0.2, 0.25) is 5.91 Å². The minimum Gasteiger partial charge on any atom is -0.309 e. The van der Waals surface area contributed by atoms with Crippen LogP contribution in [0.2, 0.25) is 0 Å². The number of hydrogen-bond acceptors (Lipinski definition) is 4. The minimum absolute atomic E-state index is 0.294. The lowest BCUT2D eigenvalue weighted by Crippen LogP contribution is -2.22. The van der Waals surface area contributed by atoms with Crippen LogP contribution in [0.3, 0.4) is 0 Å². The molecule has 1 N–H and O–H groups in total. The number of halogens is 3. The number of imidazole rings is 1. The number of pyridine rings is 2. The number of carbonyl (C=O) groups is 1. The standard InChI is InChI=1S/C22H22F3N5O/c1-4-29(5-2)10-6-7-19-21(27-15(3)31)28-20-9-8-16(14-30(19)20)17-11-18(13-26-12-17)22(23,24)25/h8-9,11-14H,4-5,10H2,1-3H3,(H,27,31). The Bertz CT molecular complexity index is 1150. The highest BCUT2D eigenvalue weighted by Gasteiger charge is 2.31. The first-order valence-corrected chi connectivity index (χ1v) is 9.76. The molecule has 31 heavy (non-hydrogen) atoms. The summed E-state index contributed by atoms with van der Waals surface area (Å²) >= 11 is 0. The summed E-state index contributed by atoms with van der Waals surface area (Å²) in [6, 6.07) is 4.37. The summed E-state index contributed by atoms with van der Waals surface area (Å²) in [7, 11) is 0. The van der Waals surface area contributed by atoms with Gasteiger partial charge in [-0.15, -0.1) is 0 Å². The molecule has 0 saturated heterocycles. The Balaban J connectivity index is 2.09. The topological polar surface area (TPSA) is 62.5 Å². The molecule has 0 fully saturated rings. The maximum absolute atomic E-state index is 13.1. The quantitative estimate of drug-likeness (QED) is 0.622. The van der Waals surface area contributed by atoms with E-state index in [0.717, 1.165) is 25.4 Å². The van der Waals surface area contributed by atoms with Gasteiger partial charge in [0, 0.05) is 36.6 Å². The first kappa shape index (κ1) is 22.3. The number of nitrogens with zero attached hydrogens (tertiary/aromatic N) is 4. The van der Waals surface area contributed by atoms with Crippen molar-refractivity contribution in [2.45, 2.75) is 26.9 Å². The molecule has 0 aliphatic carbocycles. The molecule has 0 aliphatic rings. The van der Waals surface area contributed by atoms with Crippen molar-refractivity contribution in [1.29, 1.82) is 0 Å². The maximum Gasteiger partial charge on any atom is 0.417 e. The van der Waals surface area contributed by atoms with E-state index in [2.05, 4.69) is 32.0 Å². The number of aromatic nitrogens is 3. The van der Waals surface area contributed by atoms with E-state index in [1.807, 2.05) is 13.8 Å². The van der Waals surface area contributed by atoms with Crippen molar-refractivity contribution in [1.82, 2.24) is 19.3 Å². The van der Waals surface area contributed by atoms with Crippen LogP contribution in [0.1, 0.15) is 32.0 Å².